The van der Waals surface area contributed by atoms with Crippen molar-refractivity contribution in [3.05, 3.63) is 5.82 Å². The number of nitrogens with one attached hydrogen (secondary N) is 1. The Morgan fingerprint density at radius 2 is 2.25 bits per heavy atom. The smallest absolute Gasteiger partial charge is 0.165 e. The lowest BCUT2D eigenvalue weighted by molar-refractivity contribution is 0.218. The molecule has 0 spiro atoms. The number of unbranched alkanes of at least 4 members (excludes halogenated alkanes) is 1. The van der Waals surface area contributed by atoms with Gasteiger partial charge in [-0.15, -0.1) is 5.10 Å². The minimum atomic E-state index is 0.628. The minimum Gasteiger partial charge on any atom is -0.313 e. The van der Waals surface area contributed by atoms with E-state index in [2.05, 4.69) is 39.6 Å². The zero-order valence-corrected chi connectivity index (χ0v) is 12.9. The lowest BCUT2D eigenvalue weighted by atomic mass is 10.0. The molecule has 1 aromatic rings. The van der Waals surface area contributed by atoms with Crippen LogP contribution in [0.25, 0.3) is 0 Å². The van der Waals surface area contributed by atoms with Gasteiger partial charge in [-0.05, 0) is 42.8 Å². The number of rotatable bonds is 8. The van der Waals surface area contributed by atoms with Crippen LogP contribution in [0.5, 0.6) is 0 Å². The van der Waals surface area contributed by atoms with Crippen LogP contribution in [0.1, 0.15) is 51.8 Å². The summed E-state index contributed by atoms with van der Waals surface area (Å²) < 4.78 is 1.96. The molecule has 20 heavy (non-hydrogen) atoms. The van der Waals surface area contributed by atoms with E-state index >= 15 is 0 Å². The normalized spacial score (nSPS) is 19.6. The third kappa shape index (κ3) is 4.52. The molecule has 1 aliphatic rings. The van der Waals surface area contributed by atoms with Crippen LogP contribution in [-0.2, 0) is 13.1 Å². The van der Waals surface area contributed by atoms with Crippen molar-refractivity contribution in [2.45, 2.75) is 65.1 Å². The summed E-state index contributed by atoms with van der Waals surface area (Å²) in [6.07, 6.45) is 6.26. The van der Waals surface area contributed by atoms with Crippen LogP contribution >= 0.6 is 0 Å². The fraction of sp³-hybridized carbons (Fsp3) is 0.929. The summed E-state index contributed by atoms with van der Waals surface area (Å²) >= 11 is 0. The van der Waals surface area contributed by atoms with E-state index < -0.39 is 0 Å². The molecule has 6 heteroatoms. The molecule has 1 aromatic heterocycles. The van der Waals surface area contributed by atoms with Crippen molar-refractivity contribution in [1.82, 2.24) is 30.4 Å². The van der Waals surface area contributed by atoms with Gasteiger partial charge in [-0.2, -0.15) is 0 Å². The third-order valence-corrected chi connectivity index (χ3v) is 4.03. The summed E-state index contributed by atoms with van der Waals surface area (Å²) in [5, 5.41) is 15.7. The first-order valence-electron chi connectivity index (χ1n) is 8.04. The van der Waals surface area contributed by atoms with E-state index in [0.717, 1.165) is 45.0 Å². The lowest BCUT2D eigenvalue weighted by Crippen LogP contribution is -2.43. The van der Waals surface area contributed by atoms with E-state index in [0.29, 0.717) is 6.04 Å². The van der Waals surface area contributed by atoms with E-state index in [1.54, 1.807) is 0 Å². The minimum absolute atomic E-state index is 0.628. The quantitative estimate of drug-likeness (QED) is 0.781. The molecule has 1 fully saturated rings. The Morgan fingerprint density at radius 3 is 2.95 bits per heavy atom. The monoisotopic (exact) mass is 280 g/mol. The molecular formula is C14H28N6. The highest BCUT2D eigenvalue weighted by Gasteiger charge is 2.17. The van der Waals surface area contributed by atoms with Gasteiger partial charge in [0.2, 0.25) is 0 Å². The van der Waals surface area contributed by atoms with E-state index in [-0.39, 0.29) is 0 Å². The molecule has 2 rings (SSSR count). The van der Waals surface area contributed by atoms with Crippen molar-refractivity contribution < 1.29 is 0 Å². The van der Waals surface area contributed by atoms with Crippen molar-refractivity contribution in [3.8, 4) is 0 Å². The molecule has 1 aliphatic heterocycles. The molecular weight excluding hydrogens is 252 g/mol. The maximum Gasteiger partial charge on any atom is 0.165 e. The van der Waals surface area contributed by atoms with Crippen LogP contribution in [-0.4, -0.2) is 50.8 Å². The van der Waals surface area contributed by atoms with Gasteiger partial charge in [0.05, 0.1) is 6.54 Å². The molecule has 2 heterocycles. The van der Waals surface area contributed by atoms with Gasteiger partial charge in [0.15, 0.2) is 5.82 Å². The van der Waals surface area contributed by atoms with Gasteiger partial charge in [0.25, 0.3) is 0 Å². The van der Waals surface area contributed by atoms with E-state index in [9.17, 15) is 0 Å². The number of hydrogen-bond acceptors (Lipinski definition) is 5. The van der Waals surface area contributed by atoms with E-state index in [1.165, 1.54) is 25.7 Å². The fourth-order valence-electron chi connectivity index (χ4n) is 2.72. The Bertz CT molecular complexity index is 371. The number of piperidine rings is 1. The first kappa shape index (κ1) is 15.4. The Morgan fingerprint density at radius 1 is 1.35 bits per heavy atom. The van der Waals surface area contributed by atoms with Gasteiger partial charge in [0, 0.05) is 19.1 Å². The summed E-state index contributed by atoms with van der Waals surface area (Å²) in [5.74, 6) is 0.996. The number of nitrogens with zero attached hydrogens (tertiary/aromatic N) is 5. The second kappa shape index (κ2) is 8.32. The topological polar surface area (TPSA) is 58.9 Å². The largest absolute Gasteiger partial charge is 0.313 e. The molecule has 0 aliphatic carbocycles. The van der Waals surface area contributed by atoms with E-state index in [1.807, 2.05) is 4.68 Å². The Labute approximate surface area is 121 Å². The molecule has 0 radical (unpaired) electrons. The van der Waals surface area contributed by atoms with Gasteiger partial charge < -0.3 is 5.32 Å². The van der Waals surface area contributed by atoms with Crippen LogP contribution in [0.15, 0.2) is 0 Å². The van der Waals surface area contributed by atoms with Gasteiger partial charge >= 0.3 is 0 Å². The van der Waals surface area contributed by atoms with Crippen molar-refractivity contribution in [2.24, 2.45) is 0 Å². The molecule has 0 amide bonds. The molecule has 1 N–H and O–H groups in total. The summed E-state index contributed by atoms with van der Waals surface area (Å²) in [6, 6.07) is 0.628. The van der Waals surface area contributed by atoms with Crippen LogP contribution in [0.4, 0.5) is 0 Å². The number of aromatic nitrogens is 4. The van der Waals surface area contributed by atoms with Gasteiger partial charge in [-0.1, -0.05) is 26.7 Å². The first-order valence-corrected chi connectivity index (χ1v) is 8.04. The highest BCUT2D eigenvalue weighted by Crippen LogP contribution is 2.10. The van der Waals surface area contributed by atoms with Gasteiger partial charge in [0.1, 0.15) is 0 Å². The Hall–Kier alpha value is -1.01. The van der Waals surface area contributed by atoms with Crippen molar-refractivity contribution in [3.63, 3.8) is 0 Å². The Kier molecular flexibility index (Phi) is 6.39. The van der Waals surface area contributed by atoms with Crippen molar-refractivity contribution >= 4 is 0 Å². The number of likely N-dealkylation sites (N-methyl/N-ethyl adjacent to an activating group) is 1. The average Bonchev–Trinajstić information content (AvgIpc) is 2.92. The molecule has 1 unspecified atom stereocenters. The van der Waals surface area contributed by atoms with Crippen LogP contribution in [0.3, 0.4) is 0 Å². The third-order valence-electron chi connectivity index (χ3n) is 4.03. The maximum atomic E-state index is 4.19. The van der Waals surface area contributed by atoms with E-state index in [4.69, 9.17) is 0 Å². The SMILES string of the molecule is CCCCn1nnnc1CN(CC)CC1CCCCN1. The summed E-state index contributed by atoms with van der Waals surface area (Å²) in [7, 11) is 0. The number of aryl methyl sites for hydroxylation is 1. The Balaban J connectivity index is 1.86. The maximum absolute atomic E-state index is 4.19. The second-order valence-electron chi connectivity index (χ2n) is 5.65. The summed E-state index contributed by atoms with van der Waals surface area (Å²) in [4.78, 5) is 2.44. The standard InChI is InChI=1S/C14H28N6/c1-3-5-10-20-14(16-17-18-20)12-19(4-2)11-13-8-6-7-9-15-13/h13,15H,3-12H2,1-2H3. The molecule has 0 bridgehead atoms. The molecule has 1 saturated heterocycles. The number of tetrazole rings is 1. The second-order valence-corrected chi connectivity index (χ2v) is 5.65. The average molecular weight is 280 g/mol. The van der Waals surface area contributed by atoms with Crippen LogP contribution in [0.2, 0.25) is 0 Å². The first-order chi connectivity index (χ1) is 9.83. The lowest BCUT2D eigenvalue weighted by Gasteiger charge is -2.29. The highest BCUT2D eigenvalue weighted by atomic mass is 15.5. The van der Waals surface area contributed by atoms with Crippen molar-refractivity contribution in [1.29, 1.82) is 0 Å². The molecule has 114 valence electrons. The predicted molar refractivity (Wildman–Crippen MR) is 79.3 cm³/mol. The molecule has 0 saturated carbocycles. The van der Waals surface area contributed by atoms with Gasteiger partial charge in [-0.3, -0.25) is 4.90 Å². The fourth-order valence-corrected chi connectivity index (χ4v) is 2.72. The molecule has 1 atom stereocenters. The molecule has 6 nitrogen and oxygen atoms in total. The summed E-state index contributed by atoms with van der Waals surface area (Å²) in [6.45, 7) is 9.48. The zero-order chi connectivity index (χ0) is 14.2. The predicted octanol–water partition coefficient (Wildman–Crippen LogP) is 1.44. The highest BCUT2D eigenvalue weighted by molar-refractivity contribution is 4.83. The zero-order valence-electron chi connectivity index (χ0n) is 12.9. The van der Waals surface area contributed by atoms with Crippen LogP contribution in [0, 0.1) is 0 Å². The molecule has 0 aromatic carbocycles. The summed E-state index contributed by atoms with van der Waals surface area (Å²) in [5.41, 5.74) is 0. The van der Waals surface area contributed by atoms with Crippen LogP contribution < -0.4 is 5.32 Å². The van der Waals surface area contributed by atoms with Gasteiger partial charge in [-0.25, -0.2) is 4.68 Å². The van der Waals surface area contributed by atoms with Crippen molar-refractivity contribution in [2.75, 3.05) is 19.6 Å². The number of hydrogen-bond donors (Lipinski definition) is 1.